The molecule has 2 aromatic carbocycles. The normalized spacial score (nSPS) is 26.4. The fourth-order valence-corrected chi connectivity index (χ4v) is 15.9. The lowest BCUT2D eigenvalue weighted by molar-refractivity contribution is -0.157. The number of allylic oxidation sites excluding steroid dienone is 1. The van der Waals surface area contributed by atoms with Gasteiger partial charge < -0.3 is 64.6 Å². The van der Waals surface area contributed by atoms with Gasteiger partial charge in [-0.1, -0.05) is 63.8 Å². The number of ketones is 1. The van der Waals surface area contributed by atoms with Gasteiger partial charge in [0.15, 0.2) is 5.78 Å². The minimum absolute atomic E-state index is 0.0123. The summed E-state index contributed by atoms with van der Waals surface area (Å²) in [6.07, 6.45) is -6.12. The van der Waals surface area contributed by atoms with Gasteiger partial charge in [0.05, 0.1) is 63.0 Å². The highest BCUT2D eigenvalue weighted by Gasteiger charge is 2.50. The van der Waals surface area contributed by atoms with Crippen molar-refractivity contribution in [1.82, 2.24) is 60.0 Å². The molecule has 4 saturated heterocycles. The Morgan fingerprint density at radius 3 is 1.90 bits per heavy atom. The number of rotatable bonds is 18. The Morgan fingerprint density at radius 2 is 1.31 bits per heavy atom. The summed E-state index contributed by atoms with van der Waals surface area (Å²) < 4.78 is 125. The number of carbonyl (C=O) groups excluding carboxylic acids is 12. The summed E-state index contributed by atoms with van der Waals surface area (Å²) >= 11 is 0. The molecule has 4 aliphatic heterocycles. The highest BCUT2D eigenvalue weighted by atomic mass is 19.4. The first-order chi connectivity index (χ1) is 53.7. The number of unbranched alkanes of at least 4 members (excludes halogenated alkanes) is 2. The molecule has 0 radical (unpaired) electrons. The third kappa shape index (κ3) is 23.4. The van der Waals surface area contributed by atoms with E-state index in [-0.39, 0.29) is 95.7 Å². The van der Waals surface area contributed by atoms with Crippen LogP contribution < -0.4 is 16.0 Å². The first-order valence-corrected chi connectivity index (χ1v) is 39.2. The maximum atomic E-state index is 15.8. The maximum Gasteiger partial charge on any atom is 0.422 e. The lowest BCUT2D eigenvalue weighted by Gasteiger charge is -2.42. The number of hydrogen-bond donors (Lipinski definition) is 3. The van der Waals surface area contributed by atoms with Crippen LogP contribution in [0.5, 0.6) is 0 Å². The summed E-state index contributed by atoms with van der Waals surface area (Å²) in [6.45, 7) is 12.2. The van der Waals surface area contributed by atoms with E-state index in [1.54, 1.807) is 26.8 Å². The van der Waals surface area contributed by atoms with Gasteiger partial charge in [-0.25, -0.2) is 8.78 Å². The second kappa shape index (κ2) is 41.1. The molecule has 5 fully saturated rings. The number of nitrogens with zero attached hydrogens (tertiary/aromatic N) is 9. The van der Waals surface area contributed by atoms with Crippen molar-refractivity contribution in [3.8, 4) is 0 Å². The van der Waals surface area contributed by atoms with Gasteiger partial charge in [0, 0.05) is 81.5 Å². The van der Waals surface area contributed by atoms with Gasteiger partial charge in [0.2, 0.25) is 65.0 Å². The number of hydrogen-bond acceptors (Lipinski definition) is 15. The average Bonchev–Trinajstić information content (AvgIpc) is 1.23. The third-order valence-electron chi connectivity index (χ3n) is 22.8. The second-order valence-electron chi connectivity index (χ2n) is 31.0. The number of aryl methyl sites for hydroxylation is 1. The number of fused-ring (bicyclic) bond motifs is 3. The van der Waals surface area contributed by atoms with Crippen LogP contribution in [0.25, 0.3) is 0 Å². The minimum atomic E-state index is -5.45. The van der Waals surface area contributed by atoms with Gasteiger partial charge in [0.1, 0.15) is 59.0 Å². The van der Waals surface area contributed by atoms with Crippen molar-refractivity contribution in [2.45, 2.75) is 216 Å². The van der Waals surface area contributed by atoms with Gasteiger partial charge in [0.25, 0.3) is 0 Å². The SMILES string of the molecule is C=CCCCC[C@H]1C(=O)N[C@@H]([C@@H](C)CC)C(=O)N(C)CC(=O)N(C)[C@H]2CCCCN(C2=O)[C@@H](Cc2ccc(C(F)(F)F)cc2)C(=O)N(C)CC(=O)N[C@@H](CCc2cc(F)c(C(F)(F)F)c(F)c2)C(=O)CN2C[C@H](OCC)C[C@H]2C(=O)N[C@](C)(CC=C)C(=O)N(C)[C@@H](C2CCCC2)C(=O)N(C)[C@H](C(=O)N2CCOCC2)CC(=O)N1C. The number of nitrogens with one attached hydrogen (secondary N) is 3. The van der Waals surface area contributed by atoms with Crippen molar-refractivity contribution in [3.05, 3.63) is 95.6 Å². The molecule has 5 aliphatic rings. The average molecular weight is 1620 g/mol. The standard InChI is InChI=1S/C80H112F8N12O14/c1-13-17-18-19-26-58-70(105)90-68(49(5)15-3)75(110)93(8)48-66(104)95(10)59-27-22-23-35-100(74(59)109)62(42-50-28-31-53(32-29-50)79(83,84)85)72(107)92(7)47-64(102)89-57(33-30-51-40-55(81)67(56(82)41-51)80(86,87)88)63(101)46-99-45-54(114-16-4)43-60(99)71(106)91-78(6,34-14-2)77(112)97(12)69(52-24-20-21-25-52)76(111)96(11)61(44-65(103)94(58)9)73(108)98-36-38-113-39-37-98/h13-14,28-29,31-32,40-41,49,52,54,57-62,68-69H,1-2,15-27,30,33-39,42-48H2,3-12H3,(H,89,102)(H,90,105)(H,91,106)/t49-,54+,57-,58-,59-,60-,61-,62-,68-,69-,78+/m0/s1. The van der Waals surface area contributed by atoms with Crippen LogP contribution in [-0.4, -0.2) is 283 Å². The lowest BCUT2D eigenvalue weighted by atomic mass is 9.90. The van der Waals surface area contributed by atoms with Crippen LogP contribution in [0.3, 0.4) is 0 Å². The Bertz CT molecular complexity index is 3760. The molecule has 2 aromatic rings. The van der Waals surface area contributed by atoms with E-state index in [1.807, 2.05) is 0 Å². The van der Waals surface area contributed by atoms with E-state index < -0.39 is 223 Å². The van der Waals surface area contributed by atoms with E-state index in [0.29, 0.717) is 63.5 Å². The van der Waals surface area contributed by atoms with Crippen LogP contribution in [0, 0.1) is 23.5 Å². The van der Waals surface area contributed by atoms with Gasteiger partial charge in [-0.05, 0) is 138 Å². The molecule has 0 aromatic heterocycles. The number of Topliss-reactive ketones (excluding diaryl/α,β-unsaturated/α-hetero) is 1. The monoisotopic (exact) mass is 1620 g/mol. The summed E-state index contributed by atoms with van der Waals surface area (Å²) in [5, 5.41) is 8.29. The molecule has 26 nitrogen and oxygen atoms in total. The van der Waals surface area contributed by atoms with Crippen LogP contribution in [0.2, 0.25) is 0 Å². The third-order valence-corrected chi connectivity index (χ3v) is 22.8. The Labute approximate surface area is 661 Å². The van der Waals surface area contributed by atoms with Crippen LogP contribution >= 0.6 is 0 Å². The summed E-state index contributed by atoms with van der Waals surface area (Å²) in [7, 11) is 7.88. The largest absolute Gasteiger partial charge is 0.422 e. The zero-order valence-corrected chi connectivity index (χ0v) is 66.9. The Kier molecular flexibility index (Phi) is 33.2. The van der Waals surface area contributed by atoms with Crippen molar-refractivity contribution in [2.75, 3.05) is 108 Å². The molecule has 7 rings (SSSR count). The fourth-order valence-electron chi connectivity index (χ4n) is 15.9. The fraction of sp³-hybridized carbons (Fsp3) is 0.650. The van der Waals surface area contributed by atoms with E-state index >= 15 is 51.9 Å². The molecule has 3 N–H and O–H groups in total. The quantitative estimate of drug-likeness (QED) is 0.0816. The topological polar surface area (TPSA) is 289 Å². The number of halogens is 8. The first kappa shape index (κ1) is 92.3. The molecule has 4 heterocycles. The highest BCUT2D eigenvalue weighted by molar-refractivity contribution is 6.00. The van der Waals surface area contributed by atoms with E-state index in [4.69, 9.17) is 9.47 Å². The number of morpholine rings is 1. The molecule has 0 spiro atoms. The highest BCUT2D eigenvalue weighted by Crippen LogP contribution is 2.37. The Balaban J connectivity index is 1.35. The number of likely N-dealkylation sites (N-methyl/N-ethyl adjacent to an activating group) is 6. The van der Waals surface area contributed by atoms with E-state index in [1.165, 1.54) is 67.8 Å². The van der Waals surface area contributed by atoms with Crippen LogP contribution in [0.1, 0.15) is 153 Å². The van der Waals surface area contributed by atoms with Gasteiger partial charge in [-0.15, -0.1) is 13.2 Å². The predicted octanol–water partition coefficient (Wildman–Crippen LogP) is 6.50. The summed E-state index contributed by atoms with van der Waals surface area (Å²) in [4.78, 5) is 193. The number of amides is 11. The van der Waals surface area contributed by atoms with E-state index in [0.717, 1.165) is 55.8 Å². The summed E-state index contributed by atoms with van der Waals surface area (Å²) in [5.74, 6) is -14.9. The molecule has 632 valence electrons. The predicted molar refractivity (Wildman–Crippen MR) is 403 cm³/mol. The van der Waals surface area contributed by atoms with Gasteiger partial charge in [-0.3, -0.25) is 62.4 Å². The molecule has 1 aliphatic carbocycles. The van der Waals surface area contributed by atoms with Crippen molar-refractivity contribution < 1.29 is 102 Å². The Morgan fingerprint density at radius 1 is 0.675 bits per heavy atom. The molecule has 1 saturated carbocycles. The first-order valence-electron chi connectivity index (χ1n) is 39.2. The molecule has 2 bridgehead atoms. The number of ether oxygens (including phenoxy) is 2. The number of carbonyl (C=O) groups is 12. The van der Waals surface area contributed by atoms with Gasteiger partial charge in [-0.2, -0.15) is 26.3 Å². The van der Waals surface area contributed by atoms with Crippen LogP contribution in [0.4, 0.5) is 35.1 Å². The molecular weight excluding hydrogens is 1500 g/mol. The minimum Gasteiger partial charge on any atom is -0.378 e. The zero-order valence-electron chi connectivity index (χ0n) is 66.9. The lowest BCUT2D eigenvalue weighted by Crippen LogP contribution is -2.64. The molecule has 34 heteroatoms. The molecule has 11 atom stereocenters. The summed E-state index contributed by atoms with van der Waals surface area (Å²) in [5.41, 5.74) is -5.41. The molecular formula is C80H112F8N12O14. The molecule has 114 heavy (non-hydrogen) atoms. The van der Waals surface area contributed by atoms with Gasteiger partial charge >= 0.3 is 12.4 Å². The van der Waals surface area contributed by atoms with Crippen molar-refractivity contribution in [1.29, 1.82) is 0 Å². The molecule has 0 unspecified atom stereocenters. The molecule has 11 amide bonds. The van der Waals surface area contributed by atoms with Crippen molar-refractivity contribution in [3.63, 3.8) is 0 Å². The summed E-state index contributed by atoms with van der Waals surface area (Å²) in [6, 6.07) is -6.95. The van der Waals surface area contributed by atoms with Crippen molar-refractivity contribution in [2.24, 2.45) is 11.8 Å². The van der Waals surface area contributed by atoms with E-state index in [9.17, 15) is 40.7 Å². The second-order valence-corrected chi connectivity index (χ2v) is 31.0. The van der Waals surface area contributed by atoms with Crippen LogP contribution in [-0.2, 0) is 92.2 Å². The number of benzene rings is 2. The maximum absolute atomic E-state index is 15.8. The van der Waals surface area contributed by atoms with Crippen LogP contribution in [0.15, 0.2) is 61.7 Å². The van der Waals surface area contributed by atoms with Crippen molar-refractivity contribution >= 4 is 70.8 Å². The zero-order chi connectivity index (χ0) is 84.4. The Hall–Kier alpha value is -8.92. The smallest absolute Gasteiger partial charge is 0.378 e. The van der Waals surface area contributed by atoms with E-state index in [2.05, 4.69) is 29.1 Å². The number of alkyl halides is 6.